The molecule has 0 spiro atoms. The zero-order chi connectivity index (χ0) is 13.0. The van der Waals surface area contributed by atoms with Gasteiger partial charge in [0.15, 0.2) is 0 Å². The predicted octanol–water partition coefficient (Wildman–Crippen LogP) is 2.85. The van der Waals surface area contributed by atoms with Crippen LogP contribution in [-0.4, -0.2) is 18.2 Å². The Kier molecular flexibility index (Phi) is 4.47. The van der Waals surface area contributed by atoms with Gasteiger partial charge in [-0.15, -0.1) is 11.3 Å². The second-order valence-corrected chi connectivity index (χ2v) is 5.29. The average Bonchev–Trinajstić information content (AvgIpc) is 2.82. The number of nitrogens with zero attached hydrogens (tertiary/aromatic N) is 1. The molecule has 18 heavy (non-hydrogen) atoms. The number of hydrogen-bond donors (Lipinski definition) is 1. The van der Waals surface area contributed by atoms with Gasteiger partial charge in [-0.3, -0.25) is 0 Å². The molecule has 0 fully saturated rings. The molecule has 0 aliphatic rings. The highest BCUT2D eigenvalue weighted by molar-refractivity contribution is 7.15. The van der Waals surface area contributed by atoms with Gasteiger partial charge in [0, 0.05) is 20.1 Å². The molecule has 2 N–H and O–H groups in total. The summed E-state index contributed by atoms with van der Waals surface area (Å²) < 4.78 is 5.28. The van der Waals surface area contributed by atoms with Gasteiger partial charge in [0.05, 0.1) is 21.7 Å². The molecule has 3 nitrogen and oxygen atoms in total. The maximum absolute atomic E-state index is 5.78. The Bertz CT molecular complexity index is 496. The zero-order valence-electron chi connectivity index (χ0n) is 10.7. The molecule has 0 aliphatic carbocycles. The zero-order valence-corrected chi connectivity index (χ0v) is 11.5. The summed E-state index contributed by atoms with van der Waals surface area (Å²) in [4.78, 5) is 5.78. The van der Waals surface area contributed by atoms with Crippen LogP contribution in [0.5, 0.6) is 0 Å². The monoisotopic (exact) mass is 262 g/mol. The van der Waals surface area contributed by atoms with Crippen LogP contribution in [0.4, 0.5) is 0 Å². The number of ether oxygens (including phenoxy) is 1. The molecule has 1 atom stereocenters. The Balaban J connectivity index is 2.30. The smallest absolute Gasteiger partial charge is 0.0961 e. The van der Waals surface area contributed by atoms with Crippen molar-refractivity contribution in [1.29, 1.82) is 0 Å². The van der Waals surface area contributed by atoms with E-state index in [1.54, 1.807) is 18.4 Å². The van der Waals surface area contributed by atoms with Gasteiger partial charge in [0.25, 0.3) is 0 Å². The fraction of sp³-hybridized carbons (Fsp3) is 0.357. The van der Waals surface area contributed by atoms with Crippen molar-refractivity contribution in [3.63, 3.8) is 0 Å². The lowest BCUT2D eigenvalue weighted by atomic mass is 10.1. The van der Waals surface area contributed by atoms with Gasteiger partial charge in [-0.05, 0) is 12.5 Å². The lowest BCUT2D eigenvalue weighted by Crippen LogP contribution is -2.08. The summed E-state index contributed by atoms with van der Waals surface area (Å²) in [6, 6.07) is 10.3. The number of thiazole rings is 1. The molecule has 2 aromatic rings. The molecule has 1 unspecified atom stereocenters. The van der Waals surface area contributed by atoms with Gasteiger partial charge < -0.3 is 10.5 Å². The first kappa shape index (κ1) is 13.2. The molecule has 4 heteroatoms. The average molecular weight is 262 g/mol. The highest BCUT2D eigenvalue weighted by atomic mass is 32.1. The first-order chi connectivity index (χ1) is 8.74. The summed E-state index contributed by atoms with van der Waals surface area (Å²) in [7, 11) is 1.72. The van der Waals surface area contributed by atoms with Crippen LogP contribution in [0.2, 0.25) is 0 Å². The van der Waals surface area contributed by atoms with Crippen LogP contribution >= 0.6 is 11.3 Å². The Labute approximate surface area is 112 Å². The first-order valence-electron chi connectivity index (χ1n) is 6.01. The lowest BCUT2D eigenvalue weighted by Gasteiger charge is -2.05. The van der Waals surface area contributed by atoms with E-state index in [-0.39, 0.29) is 6.10 Å². The van der Waals surface area contributed by atoms with E-state index in [0.717, 1.165) is 17.1 Å². The summed E-state index contributed by atoms with van der Waals surface area (Å²) in [5.41, 5.74) is 7.94. The van der Waals surface area contributed by atoms with Crippen LogP contribution in [0.25, 0.3) is 10.4 Å². The van der Waals surface area contributed by atoms with Crippen LogP contribution in [0.15, 0.2) is 30.3 Å². The molecular formula is C14H18N2OS. The standard InChI is InChI=1S/C14H18N2OS/c1-10(17-2)8-13-16-12(9-15)14(18-13)11-6-4-3-5-7-11/h3-7,10H,8-9,15H2,1-2H3. The number of rotatable bonds is 5. The third kappa shape index (κ3) is 2.96. The Morgan fingerprint density at radius 2 is 2.06 bits per heavy atom. The van der Waals surface area contributed by atoms with E-state index < -0.39 is 0 Å². The highest BCUT2D eigenvalue weighted by Crippen LogP contribution is 2.30. The quantitative estimate of drug-likeness (QED) is 0.901. The summed E-state index contributed by atoms with van der Waals surface area (Å²) in [5.74, 6) is 0. The number of nitrogens with two attached hydrogens (primary N) is 1. The van der Waals surface area contributed by atoms with Crippen LogP contribution in [0.1, 0.15) is 17.6 Å². The molecule has 0 aliphatic heterocycles. The molecule has 0 saturated heterocycles. The maximum atomic E-state index is 5.78. The summed E-state index contributed by atoms with van der Waals surface area (Å²) >= 11 is 1.71. The molecule has 96 valence electrons. The Morgan fingerprint density at radius 1 is 1.33 bits per heavy atom. The molecule has 0 amide bonds. The van der Waals surface area contributed by atoms with E-state index in [0.29, 0.717) is 6.54 Å². The minimum atomic E-state index is 0.186. The van der Waals surface area contributed by atoms with Crippen LogP contribution in [0, 0.1) is 0 Å². The number of aromatic nitrogens is 1. The van der Waals surface area contributed by atoms with E-state index in [9.17, 15) is 0 Å². The molecule has 2 rings (SSSR count). The van der Waals surface area contributed by atoms with Crippen molar-refractivity contribution in [2.45, 2.75) is 26.0 Å². The minimum absolute atomic E-state index is 0.186. The summed E-state index contributed by atoms with van der Waals surface area (Å²) in [5, 5.41) is 1.09. The number of hydrogen-bond acceptors (Lipinski definition) is 4. The van der Waals surface area contributed by atoms with E-state index in [2.05, 4.69) is 17.1 Å². The van der Waals surface area contributed by atoms with E-state index >= 15 is 0 Å². The Hall–Kier alpha value is -1.23. The van der Waals surface area contributed by atoms with Crippen molar-refractivity contribution >= 4 is 11.3 Å². The van der Waals surface area contributed by atoms with Crippen LogP contribution in [0.3, 0.4) is 0 Å². The molecule has 0 radical (unpaired) electrons. The van der Waals surface area contributed by atoms with Crippen LogP contribution < -0.4 is 5.73 Å². The third-order valence-electron chi connectivity index (χ3n) is 2.84. The fourth-order valence-electron chi connectivity index (χ4n) is 1.77. The maximum Gasteiger partial charge on any atom is 0.0961 e. The van der Waals surface area contributed by atoms with Crippen molar-refractivity contribution in [1.82, 2.24) is 4.98 Å². The highest BCUT2D eigenvalue weighted by Gasteiger charge is 2.13. The number of methoxy groups -OCH3 is 1. The van der Waals surface area contributed by atoms with E-state index in [1.165, 1.54) is 10.4 Å². The topological polar surface area (TPSA) is 48.1 Å². The fourth-order valence-corrected chi connectivity index (χ4v) is 2.98. The second-order valence-electron chi connectivity index (χ2n) is 4.20. The SMILES string of the molecule is COC(C)Cc1nc(CN)c(-c2ccccc2)s1. The summed E-state index contributed by atoms with van der Waals surface area (Å²) in [6.07, 6.45) is 1.02. The molecule has 1 aromatic carbocycles. The summed E-state index contributed by atoms with van der Waals surface area (Å²) in [6.45, 7) is 2.52. The largest absolute Gasteiger partial charge is 0.381 e. The second kappa shape index (κ2) is 6.09. The molecule has 1 aromatic heterocycles. The van der Waals surface area contributed by atoms with Crippen LogP contribution in [-0.2, 0) is 17.7 Å². The first-order valence-corrected chi connectivity index (χ1v) is 6.83. The van der Waals surface area contributed by atoms with E-state index in [4.69, 9.17) is 10.5 Å². The molecular weight excluding hydrogens is 244 g/mol. The van der Waals surface area contributed by atoms with E-state index in [1.807, 2.05) is 25.1 Å². The van der Waals surface area contributed by atoms with Crippen molar-refractivity contribution in [3.05, 3.63) is 41.0 Å². The van der Waals surface area contributed by atoms with Crippen molar-refractivity contribution in [2.24, 2.45) is 5.73 Å². The molecule has 0 saturated carbocycles. The van der Waals surface area contributed by atoms with Gasteiger partial charge in [-0.1, -0.05) is 30.3 Å². The number of benzene rings is 1. The third-order valence-corrected chi connectivity index (χ3v) is 4.00. The van der Waals surface area contributed by atoms with Gasteiger partial charge in [0.2, 0.25) is 0 Å². The van der Waals surface area contributed by atoms with Crippen molar-refractivity contribution in [3.8, 4) is 10.4 Å². The van der Waals surface area contributed by atoms with Gasteiger partial charge in [-0.25, -0.2) is 4.98 Å². The van der Waals surface area contributed by atoms with Crippen molar-refractivity contribution in [2.75, 3.05) is 7.11 Å². The lowest BCUT2D eigenvalue weighted by molar-refractivity contribution is 0.118. The minimum Gasteiger partial charge on any atom is -0.381 e. The normalized spacial score (nSPS) is 12.6. The predicted molar refractivity (Wildman–Crippen MR) is 75.6 cm³/mol. The van der Waals surface area contributed by atoms with Gasteiger partial charge in [0.1, 0.15) is 0 Å². The molecule has 0 bridgehead atoms. The van der Waals surface area contributed by atoms with Crippen molar-refractivity contribution < 1.29 is 4.74 Å². The molecule has 1 heterocycles. The van der Waals surface area contributed by atoms with Gasteiger partial charge in [-0.2, -0.15) is 0 Å². The Morgan fingerprint density at radius 3 is 2.67 bits per heavy atom. The van der Waals surface area contributed by atoms with Gasteiger partial charge >= 0.3 is 0 Å².